The number of allylic oxidation sites excluding steroid dienone is 1. The zero-order chi connectivity index (χ0) is 31.6. The number of hydrogen-bond donors (Lipinski definition) is 3. The molecule has 3 aromatic rings. The lowest BCUT2D eigenvalue weighted by Crippen LogP contribution is -2.56. The van der Waals surface area contributed by atoms with Crippen molar-refractivity contribution in [3.63, 3.8) is 0 Å². The Labute approximate surface area is 255 Å². The molecule has 0 bridgehead atoms. The molecule has 0 heterocycles. The van der Waals surface area contributed by atoms with Gasteiger partial charge in [-0.3, -0.25) is 9.59 Å². The van der Waals surface area contributed by atoms with Crippen LogP contribution in [0, 0.1) is 18.3 Å². The van der Waals surface area contributed by atoms with Crippen LogP contribution in [0.3, 0.4) is 0 Å². The molecule has 3 N–H and O–H groups in total. The van der Waals surface area contributed by atoms with Crippen LogP contribution in [-0.2, 0) is 19.1 Å². The number of amides is 2. The van der Waals surface area contributed by atoms with Gasteiger partial charge in [0.25, 0.3) is 0 Å². The molecule has 43 heavy (non-hydrogen) atoms. The van der Waals surface area contributed by atoms with Gasteiger partial charge in [0.2, 0.25) is 11.8 Å². The van der Waals surface area contributed by atoms with E-state index in [1.165, 1.54) is 5.56 Å². The summed E-state index contributed by atoms with van der Waals surface area (Å²) >= 11 is 0. The summed E-state index contributed by atoms with van der Waals surface area (Å²) in [5.41, 5.74) is 4.66. The average Bonchev–Trinajstić information content (AvgIpc) is 2.97. The number of benzene rings is 3. The third kappa shape index (κ3) is 9.38. The number of carboxylic acid groups (broad SMARTS) is 1. The van der Waals surface area contributed by atoms with Crippen molar-refractivity contribution in [3.8, 4) is 11.1 Å². The molecule has 3 aromatic carbocycles. The molecule has 4 atom stereocenters. The maximum absolute atomic E-state index is 13.7. The summed E-state index contributed by atoms with van der Waals surface area (Å²) in [5.74, 6) is -3.18. The van der Waals surface area contributed by atoms with Crippen LogP contribution in [0.2, 0.25) is 0 Å². The molecule has 0 aromatic heterocycles. The quantitative estimate of drug-likeness (QED) is 0.211. The number of nitrogens with one attached hydrogen (secondary N) is 2. The summed E-state index contributed by atoms with van der Waals surface area (Å²) < 4.78 is 5.52. The molecule has 7 heteroatoms. The van der Waals surface area contributed by atoms with E-state index in [0.717, 1.165) is 22.3 Å². The largest absolute Gasteiger partial charge is 0.479 e. The summed E-state index contributed by atoms with van der Waals surface area (Å²) in [6, 6.07) is 24.6. The monoisotopic (exact) mass is 584 g/mol. The van der Waals surface area contributed by atoms with Crippen molar-refractivity contribution in [1.29, 1.82) is 0 Å². The molecule has 0 saturated carbocycles. The molecule has 0 unspecified atom stereocenters. The number of carbonyl (C=O) groups is 3. The van der Waals surface area contributed by atoms with Crippen LogP contribution >= 0.6 is 0 Å². The van der Waals surface area contributed by atoms with Gasteiger partial charge in [0.15, 0.2) is 6.10 Å². The Morgan fingerprint density at radius 1 is 0.884 bits per heavy atom. The third-order valence-electron chi connectivity index (χ3n) is 7.43. The van der Waals surface area contributed by atoms with Crippen LogP contribution in [0.1, 0.15) is 63.8 Å². The second-order valence-corrected chi connectivity index (χ2v) is 11.8. The Hall–Kier alpha value is -4.23. The topological polar surface area (TPSA) is 105 Å². The molecule has 0 radical (unpaired) electrons. The van der Waals surface area contributed by atoms with Gasteiger partial charge in [-0.05, 0) is 60.4 Å². The van der Waals surface area contributed by atoms with E-state index >= 15 is 0 Å². The fraction of sp³-hybridized carbons (Fsp3) is 0.361. The maximum Gasteiger partial charge on any atom is 0.333 e. The van der Waals surface area contributed by atoms with Gasteiger partial charge in [-0.25, -0.2) is 4.79 Å². The fourth-order valence-electron chi connectivity index (χ4n) is 4.97. The number of aliphatic carboxylic acids is 1. The molecule has 3 rings (SSSR count). The predicted octanol–water partition coefficient (Wildman–Crippen LogP) is 6.58. The molecule has 228 valence electrons. The summed E-state index contributed by atoms with van der Waals surface area (Å²) in [6.07, 6.45) is 2.39. The van der Waals surface area contributed by atoms with Crippen LogP contribution in [-0.4, -0.2) is 41.6 Å². The number of aryl methyl sites for hydroxylation is 1. The van der Waals surface area contributed by atoms with E-state index < -0.39 is 35.4 Å². The van der Waals surface area contributed by atoms with Gasteiger partial charge >= 0.3 is 5.97 Å². The van der Waals surface area contributed by atoms with Gasteiger partial charge in [0.1, 0.15) is 6.04 Å². The fourth-order valence-corrected chi connectivity index (χ4v) is 4.97. The maximum atomic E-state index is 13.7. The molecular formula is C36H44N2O5. The molecule has 0 spiro atoms. The first kappa shape index (κ1) is 33.3. The minimum atomic E-state index is -1.37. The highest BCUT2D eigenvalue weighted by Crippen LogP contribution is 2.25. The van der Waals surface area contributed by atoms with E-state index in [-0.39, 0.29) is 25.0 Å². The van der Waals surface area contributed by atoms with Crippen LogP contribution in [0.15, 0.2) is 84.9 Å². The van der Waals surface area contributed by atoms with Gasteiger partial charge in [0.05, 0.1) is 12.0 Å². The van der Waals surface area contributed by atoms with Crippen molar-refractivity contribution >= 4 is 23.9 Å². The Kier molecular flexibility index (Phi) is 11.8. The SMILES string of the molecule is CCO[C@H](C(=O)O)[C@@H](C/C=C/c1ccc(-c2ccccc2C)cc1)C(=O)N[C@H](C(=O)N[C@H](C)c1ccccc1)C(C)(C)C. The Balaban J connectivity index is 1.79. The second-order valence-electron chi connectivity index (χ2n) is 11.8. The normalized spacial score (nSPS) is 14.5. The average molecular weight is 585 g/mol. The van der Waals surface area contributed by atoms with E-state index in [1.54, 1.807) is 13.0 Å². The number of carboxylic acids is 1. The first-order valence-electron chi connectivity index (χ1n) is 14.7. The standard InChI is InChI=1S/C36H44N2O5/c1-7-43-31(35(41)42)30(19-13-15-26-20-22-28(23-21-26)29-18-12-11-14-24(29)2)33(39)38-32(36(4,5)6)34(40)37-25(3)27-16-9-8-10-17-27/h8-18,20-23,25,30-32H,7,19H2,1-6H3,(H,37,40)(H,38,39)(H,41,42)/b15-13+/t25-,30-,31+,32-/m1/s1. The second kappa shape index (κ2) is 15.3. The van der Waals surface area contributed by atoms with Crippen LogP contribution in [0.4, 0.5) is 0 Å². The Morgan fingerprint density at radius 2 is 1.51 bits per heavy atom. The van der Waals surface area contributed by atoms with Crippen molar-refractivity contribution in [2.75, 3.05) is 6.61 Å². The molecule has 0 aliphatic carbocycles. The van der Waals surface area contributed by atoms with Crippen LogP contribution in [0.5, 0.6) is 0 Å². The zero-order valence-electron chi connectivity index (χ0n) is 26.0. The minimum Gasteiger partial charge on any atom is -0.479 e. The molecule has 0 saturated heterocycles. The highest BCUT2D eigenvalue weighted by atomic mass is 16.5. The Bertz CT molecular complexity index is 1390. The van der Waals surface area contributed by atoms with Gasteiger partial charge in [-0.15, -0.1) is 0 Å². The first-order valence-corrected chi connectivity index (χ1v) is 14.7. The van der Waals surface area contributed by atoms with E-state index in [9.17, 15) is 19.5 Å². The highest BCUT2D eigenvalue weighted by molar-refractivity contribution is 5.92. The van der Waals surface area contributed by atoms with Gasteiger partial charge in [-0.2, -0.15) is 0 Å². The third-order valence-corrected chi connectivity index (χ3v) is 7.43. The van der Waals surface area contributed by atoms with E-state index in [4.69, 9.17) is 4.74 Å². The van der Waals surface area contributed by atoms with Gasteiger partial charge < -0.3 is 20.5 Å². The summed E-state index contributed by atoms with van der Waals surface area (Å²) in [6.45, 7) is 11.3. The lowest BCUT2D eigenvalue weighted by Gasteiger charge is -2.33. The number of hydrogen-bond acceptors (Lipinski definition) is 4. The lowest BCUT2D eigenvalue weighted by molar-refractivity contribution is -0.158. The van der Waals surface area contributed by atoms with Crippen molar-refractivity contribution < 1.29 is 24.2 Å². The van der Waals surface area contributed by atoms with Crippen LogP contribution < -0.4 is 10.6 Å². The molecule has 0 aliphatic heterocycles. The lowest BCUT2D eigenvalue weighted by atomic mass is 9.85. The minimum absolute atomic E-state index is 0.112. The molecule has 0 aliphatic rings. The number of rotatable bonds is 13. The summed E-state index contributed by atoms with van der Waals surface area (Å²) in [5, 5.41) is 15.8. The van der Waals surface area contributed by atoms with E-state index in [0.29, 0.717) is 0 Å². The van der Waals surface area contributed by atoms with E-state index in [1.807, 2.05) is 101 Å². The smallest absolute Gasteiger partial charge is 0.333 e. The summed E-state index contributed by atoms with van der Waals surface area (Å²) in [4.78, 5) is 39.3. The summed E-state index contributed by atoms with van der Waals surface area (Å²) in [7, 11) is 0. The van der Waals surface area contributed by atoms with Crippen molar-refractivity contribution in [1.82, 2.24) is 10.6 Å². The van der Waals surface area contributed by atoms with Gasteiger partial charge in [-0.1, -0.05) is 112 Å². The number of carbonyl (C=O) groups excluding carboxylic acids is 2. The van der Waals surface area contributed by atoms with Crippen molar-refractivity contribution in [3.05, 3.63) is 102 Å². The highest BCUT2D eigenvalue weighted by Gasteiger charge is 2.39. The molecular weight excluding hydrogens is 540 g/mol. The van der Waals surface area contributed by atoms with Crippen molar-refractivity contribution in [2.24, 2.45) is 11.3 Å². The predicted molar refractivity (Wildman–Crippen MR) is 171 cm³/mol. The van der Waals surface area contributed by atoms with E-state index in [2.05, 4.69) is 29.7 Å². The van der Waals surface area contributed by atoms with Crippen molar-refractivity contribution in [2.45, 2.75) is 66.2 Å². The molecule has 0 fully saturated rings. The molecule has 7 nitrogen and oxygen atoms in total. The number of ether oxygens (including phenoxy) is 1. The van der Waals surface area contributed by atoms with Crippen LogP contribution in [0.25, 0.3) is 17.2 Å². The Morgan fingerprint density at radius 3 is 2.09 bits per heavy atom. The molecule has 2 amide bonds. The van der Waals surface area contributed by atoms with Gasteiger partial charge in [0, 0.05) is 6.61 Å². The zero-order valence-corrected chi connectivity index (χ0v) is 26.0. The first-order chi connectivity index (χ1) is 20.4.